The van der Waals surface area contributed by atoms with Crippen molar-refractivity contribution in [3.8, 4) is 0 Å². The summed E-state index contributed by atoms with van der Waals surface area (Å²) in [7, 11) is 0. The van der Waals surface area contributed by atoms with Gasteiger partial charge in [0.15, 0.2) is 5.78 Å². The van der Waals surface area contributed by atoms with Crippen LogP contribution in [0, 0.1) is 11.7 Å². The normalized spacial score (nSPS) is 20.6. The maximum Gasteiger partial charge on any atom is 0.166 e. The van der Waals surface area contributed by atoms with E-state index in [4.69, 9.17) is 0 Å². The molecular formula is C26H34FN3O. The highest BCUT2D eigenvalue weighted by atomic mass is 19.1. The number of halogens is 1. The molecule has 2 fully saturated rings. The summed E-state index contributed by atoms with van der Waals surface area (Å²) in [5.74, 6) is 0.0654. The number of ketones is 1. The van der Waals surface area contributed by atoms with E-state index in [1.165, 1.54) is 18.4 Å². The van der Waals surface area contributed by atoms with Gasteiger partial charge in [-0.1, -0.05) is 49.4 Å². The van der Waals surface area contributed by atoms with Crippen LogP contribution >= 0.6 is 0 Å². The molecule has 0 spiro atoms. The van der Waals surface area contributed by atoms with Crippen LogP contribution in [0.1, 0.15) is 41.7 Å². The number of hydrogen-bond acceptors (Lipinski definition) is 4. The lowest BCUT2D eigenvalue weighted by Crippen LogP contribution is -2.50. The van der Waals surface area contributed by atoms with Crippen LogP contribution in [0.4, 0.5) is 4.39 Å². The van der Waals surface area contributed by atoms with Gasteiger partial charge in [0.05, 0.1) is 0 Å². The molecule has 166 valence electrons. The largest absolute Gasteiger partial charge is 0.300 e. The van der Waals surface area contributed by atoms with Gasteiger partial charge in [0.2, 0.25) is 0 Å². The Balaban J connectivity index is 1.31. The van der Waals surface area contributed by atoms with Crippen molar-refractivity contribution in [3.63, 3.8) is 0 Å². The van der Waals surface area contributed by atoms with E-state index in [1.807, 2.05) is 49.4 Å². The molecular weight excluding hydrogens is 389 g/mol. The highest BCUT2D eigenvalue weighted by Crippen LogP contribution is 2.27. The molecule has 5 heteroatoms. The Morgan fingerprint density at radius 1 is 0.839 bits per heavy atom. The number of nitrogens with zero attached hydrogens (tertiary/aromatic N) is 3. The van der Waals surface area contributed by atoms with Crippen LogP contribution < -0.4 is 0 Å². The number of carbonyl (C=O) groups is 1. The van der Waals surface area contributed by atoms with Crippen LogP contribution in [-0.4, -0.2) is 72.8 Å². The maximum atomic E-state index is 13.4. The topological polar surface area (TPSA) is 26.8 Å². The number of carbonyl (C=O) groups excluding carboxylic acids is 1. The zero-order chi connectivity index (χ0) is 21.6. The summed E-state index contributed by atoms with van der Waals surface area (Å²) in [6.07, 6.45) is 2.50. The van der Waals surface area contributed by atoms with Crippen LogP contribution in [0.5, 0.6) is 0 Å². The lowest BCUT2D eigenvalue weighted by molar-refractivity contribution is 0.0769. The summed E-state index contributed by atoms with van der Waals surface area (Å²) >= 11 is 0. The monoisotopic (exact) mass is 423 g/mol. The van der Waals surface area contributed by atoms with Gasteiger partial charge >= 0.3 is 0 Å². The molecule has 0 aromatic heterocycles. The van der Waals surface area contributed by atoms with E-state index in [2.05, 4.69) is 14.7 Å². The third-order valence-electron chi connectivity index (χ3n) is 6.77. The Morgan fingerprint density at radius 2 is 1.42 bits per heavy atom. The molecule has 0 bridgehead atoms. The smallest absolute Gasteiger partial charge is 0.166 e. The van der Waals surface area contributed by atoms with Crippen molar-refractivity contribution < 1.29 is 9.18 Å². The Kier molecular flexibility index (Phi) is 7.49. The second kappa shape index (κ2) is 10.5. The zero-order valence-corrected chi connectivity index (χ0v) is 18.5. The Bertz CT molecular complexity index is 827. The number of rotatable bonds is 8. The molecule has 4 rings (SSSR count). The Labute approximate surface area is 185 Å². The van der Waals surface area contributed by atoms with Crippen molar-refractivity contribution in [1.82, 2.24) is 14.7 Å². The lowest BCUT2D eigenvalue weighted by atomic mass is 9.98. The van der Waals surface area contributed by atoms with Gasteiger partial charge in [0.25, 0.3) is 0 Å². The summed E-state index contributed by atoms with van der Waals surface area (Å²) in [4.78, 5) is 20.2. The number of likely N-dealkylation sites (tertiary alicyclic amines) is 1. The summed E-state index contributed by atoms with van der Waals surface area (Å²) < 4.78 is 13.4. The summed E-state index contributed by atoms with van der Waals surface area (Å²) in [5.41, 5.74) is 2.02. The molecule has 2 aliphatic heterocycles. The van der Waals surface area contributed by atoms with E-state index in [0.717, 1.165) is 57.9 Å². The fourth-order valence-electron chi connectivity index (χ4n) is 4.93. The molecule has 2 saturated heterocycles. The van der Waals surface area contributed by atoms with Gasteiger partial charge in [-0.2, -0.15) is 0 Å². The van der Waals surface area contributed by atoms with Gasteiger partial charge in [-0.05, 0) is 43.6 Å². The first kappa shape index (κ1) is 22.1. The summed E-state index contributed by atoms with van der Waals surface area (Å²) in [5, 5.41) is 0. The molecule has 2 atom stereocenters. The fraction of sp³-hybridized carbons (Fsp3) is 0.500. The van der Waals surface area contributed by atoms with E-state index in [9.17, 15) is 9.18 Å². The van der Waals surface area contributed by atoms with Gasteiger partial charge < -0.3 is 4.90 Å². The zero-order valence-electron chi connectivity index (χ0n) is 18.5. The van der Waals surface area contributed by atoms with Crippen LogP contribution in [0.25, 0.3) is 0 Å². The Morgan fingerprint density at radius 3 is 2.03 bits per heavy atom. The predicted octanol–water partition coefficient (Wildman–Crippen LogP) is 4.10. The second-order valence-electron chi connectivity index (χ2n) is 9.04. The molecule has 0 N–H and O–H groups in total. The van der Waals surface area contributed by atoms with Crippen molar-refractivity contribution >= 4 is 5.78 Å². The minimum Gasteiger partial charge on any atom is -0.300 e. The van der Waals surface area contributed by atoms with Gasteiger partial charge in [-0.25, -0.2) is 4.39 Å². The van der Waals surface area contributed by atoms with Gasteiger partial charge in [-0.3, -0.25) is 14.6 Å². The molecule has 4 nitrogen and oxygen atoms in total. The molecule has 0 unspecified atom stereocenters. The minimum absolute atomic E-state index is 0.00511. The van der Waals surface area contributed by atoms with Gasteiger partial charge in [0, 0.05) is 56.8 Å². The highest BCUT2D eigenvalue weighted by molar-refractivity contribution is 5.97. The van der Waals surface area contributed by atoms with Crippen molar-refractivity contribution in [2.75, 3.05) is 52.4 Å². The van der Waals surface area contributed by atoms with E-state index in [0.29, 0.717) is 6.04 Å². The van der Waals surface area contributed by atoms with Gasteiger partial charge in [0.1, 0.15) is 5.82 Å². The molecule has 0 aliphatic carbocycles. The molecule has 2 aromatic rings. The molecule has 2 heterocycles. The molecule has 0 radical (unpaired) electrons. The quantitative estimate of drug-likeness (QED) is 0.598. The van der Waals surface area contributed by atoms with Crippen LogP contribution in [-0.2, 0) is 0 Å². The second-order valence-corrected chi connectivity index (χ2v) is 9.04. The summed E-state index contributed by atoms with van der Waals surface area (Å²) in [6, 6.07) is 17.0. The average Bonchev–Trinajstić information content (AvgIpc) is 3.34. The first-order valence-corrected chi connectivity index (χ1v) is 11.6. The fourth-order valence-corrected chi connectivity index (χ4v) is 4.93. The minimum atomic E-state index is -0.170. The number of hydrogen-bond donors (Lipinski definition) is 0. The first-order valence-electron chi connectivity index (χ1n) is 11.6. The number of benzene rings is 2. The molecule has 2 aliphatic rings. The van der Waals surface area contributed by atoms with Crippen molar-refractivity contribution in [2.24, 2.45) is 5.92 Å². The number of Topliss-reactive ketones (excluding diaryl/α,β-unsaturated/α-hetero) is 1. The molecule has 0 amide bonds. The van der Waals surface area contributed by atoms with Crippen molar-refractivity contribution in [3.05, 3.63) is 71.5 Å². The van der Waals surface area contributed by atoms with Crippen LogP contribution in [0.15, 0.2) is 54.6 Å². The van der Waals surface area contributed by atoms with Crippen molar-refractivity contribution in [1.29, 1.82) is 0 Å². The first-order chi connectivity index (χ1) is 15.1. The van der Waals surface area contributed by atoms with E-state index < -0.39 is 0 Å². The SMILES string of the molecule is C[C@@H](CN1CCN(C[C@H](c2ccc(F)cc2)N2CCCC2)CC1)C(=O)c1ccccc1. The lowest BCUT2D eigenvalue weighted by Gasteiger charge is -2.39. The molecule has 2 aromatic carbocycles. The highest BCUT2D eigenvalue weighted by Gasteiger charge is 2.28. The maximum absolute atomic E-state index is 13.4. The molecule has 0 saturated carbocycles. The standard InChI is InChI=1S/C26H34FN3O/c1-21(26(31)23-7-3-2-4-8-23)19-28-15-17-29(18-16-28)20-25(30-13-5-6-14-30)22-9-11-24(27)12-10-22/h2-4,7-12,21,25H,5-6,13-20H2,1H3/t21-,25+/m0/s1. The predicted molar refractivity (Wildman–Crippen MR) is 123 cm³/mol. The Hall–Kier alpha value is -2.08. The van der Waals surface area contributed by atoms with E-state index in [-0.39, 0.29) is 17.5 Å². The molecule has 31 heavy (non-hydrogen) atoms. The number of piperazine rings is 1. The third-order valence-corrected chi connectivity index (χ3v) is 6.77. The van der Waals surface area contributed by atoms with Crippen LogP contribution in [0.3, 0.4) is 0 Å². The summed E-state index contributed by atoms with van der Waals surface area (Å²) in [6.45, 7) is 10.1. The van der Waals surface area contributed by atoms with E-state index in [1.54, 1.807) is 12.1 Å². The third kappa shape index (κ3) is 5.79. The van der Waals surface area contributed by atoms with E-state index >= 15 is 0 Å². The van der Waals surface area contributed by atoms with Crippen LogP contribution in [0.2, 0.25) is 0 Å². The van der Waals surface area contributed by atoms with Gasteiger partial charge in [-0.15, -0.1) is 0 Å². The van der Waals surface area contributed by atoms with Crippen molar-refractivity contribution in [2.45, 2.75) is 25.8 Å². The average molecular weight is 424 g/mol.